The molecule has 0 radical (unpaired) electrons. The molecule has 0 aliphatic rings. The lowest BCUT2D eigenvalue weighted by Gasteiger charge is -2.14. The highest BCUT2D eigenvalue weighted by atomic mass is 19.1. The molecule has 0 fully saturated rings. The topological polar surface area (TPSA) is 64.6 Å². The SMILES string of the molecule is CCCOC(=O)[C@H](C)Oc1ccc(C(=O)Nc2ccc(F)cc2)cc1. The summed E-state index contributed by atoms with van der Waals surface area (Å²) >= 11 is 0. The van der Waals surface area contributed by atoms with Gasteiger partial charge >= 0.3 is 5.97 Å². The van der Waals surface area contributed by atoms with E-state index in [1.807, 2.05) is 6.92 Å². The quantitative estimate of drug-likeness (QED) is 0.775. The zero-order valence-corrected chi connectivity index (χ0v) is 14.1. The van der Waals surface area contributed by atoms with Crippen LogP contribution >= 0.6 is 0 Å². The van der Waals surface area contributed by atoms with Gasteiger partial charge in [-0.25, -0.2) is 9.18 Å². The van der Waals surface area contributed by atoms with Crippen LogP contribution in [0.15, 0.2) is 48.5 Å². The van der Waals surface area contributed by atoms with Gasteiger partial charge in [0.25, 0.3) is 5.91 Å². The van der Waals surface area contributed by atoms with E-state index in [1.54, 1.807) is 31.2 Å². The summed E-state index contributed by atoms with van der Waals surface area (Å²) in [5, 5.41) is 2.67. The van der Waals surface area contributed by atoms with E-state index in [4.69, 9.17) is 9.47 Å². The molecule has 0 aromatic heterocycles. The van der Waals surface area contributed by atoms with Gasteiger partial charge in [-0.3, -0.25) is 4.79 Å². The van der Waals surface area contributed by atoms with Crippen LogP contribution in [0.4, 0.5) is 10.1 Å². The molecule has 1 N–H and O–H groups in total. The minimum absolute atomic E-state index is 0.325. The molecule has 0 unspecified atom stereocenters. The van der Waals surface area contributed by atoms with Crippen molar-refractivity contribution in [3.63, 3.8) is 0 Å². The summed E-state index contributed by atoms with van der Waals surface area (Å²) in [7, 11) is 0. The van der Waals surface area contributed by atoms with E-state index < -0.39 is 12.1 Å². The highest BCUT2D eigenvalue weighted by Crippen LogP contribution is 2.16. The zero-order chi connectivity index (χ0) is 18.2. The molecule has 2 aromatic rings. The van der Waals surface area contributed by atoms with Crippen LogP contribution in [-0.4, -0.2) is 24.6 Å². The Labute approximate surface area is 145 Å². The minimum Gasteiger partial charge on any atom is -0.479 e. The summed E-state index contributed by atoms with van der Waals surface area (Å²) in [6.45, 7) is 3.87. The van der Waals surface area contributed by atoms with Gasteiger partial charge in [-0.2, -0.15) is 0 Å². The van der Waals surface area contributed by atoms with Crippen molar-refractivity contribution in [2.45, 2.75) is 26.4 Å². The molecular weight excluding hydrogens is 325 g/mol. The van der Waals surface area contributed by atoms with E-state index in [2.05, 4.69) is 5.32 Å². The van der Waals surface area contributed by atoms with Crippen molar-refractivity contribution in [2.24, 2.45) is 0 Å². The van der Waals surface area contributed by atoms with Gasteiger partial charge in [0.05, 0.1) is 6.61 Å². The third-order valence-electron chi connectivity index (χ3n) is 3.31. The lowest BCUT2D eigenvalue weighted by atomic mass is 10.2. The van der Waals surface area contributed by atoms with Crippen molar-refractivity contribution in [3.8, 4) is 5.75 Å². The van der Waals surface area contributed by atoms with E-state index in [0.717, 1.165) is 6.42 Å². The number of benzene rings is 2. The average molecular weight is 345 g/mol. The van der Waals surface area contributed by atoms with Crippen molar-refractivity contribution < 1.29 is 23.5 Å². The highest BCUT2D eigenvalue weighted by molar-refractivity contribution is 6.04. The molecule has 0 spiro atoms. The molecule has 0 aliphatic carbocycles. The molecule has 0 saturated carbocycles. The van der Waals surface area contributed by atoms with E-state index in [-0.39, 0.29) is 11.7 Å². The number of anilines is 1. The molecule has 2 rings (SSSR count). The van der Waals surface area contributed by atoms with Crippen LogP contribution in [0, 0.1) is 5.82 Å². The fourth-order valence-corrected chi connectivity index (χ4v) is 1.99. The smallest absolute Gasteiger partial charge is 0.347 e. The Morgan fingerprint density at radius 2 is 1.72 bits per heavy atom. The van der Waals surface area contributed by atoms with Gasteiger partial charge in [-0.05, 0) is 61.9 Å². The summed E-state index contributed by atoms with van der Waals surface area (Å²) < 4.78 is 23.4. The van der Waals surface area contributed by atoms with E-state index in [1.165, 1.54) is 24.3 Å². The number of nitrogens with one attached hydrogen (secondary N) is 1. The van der Waals surface area contributed by atoms with Gasteiger partial charge in [0.1, 0.15) is 11.6 Å². The largest absolute Gasteiger partial charge is 0.479 e. The number of hydrogen-bond donors (Lipinski definition) is 1. The second kappa shape index (κ2) is 8.82. The maximum atomic E-state index is 12.9. The van der Waals surface area contributed by atoms with Crippen LogP contribution in [0.2, 0.25) is 0 Å². The molecule has 1 atom stereocenters. The minimum atomic E-state index is -0.731. The van der Waals surface area contributed by atoms with Crippen molar-refractivity contribution in [2.75, 3.05) is 11.9 Å². The molecule has 2 aromatic carbocycles. The number of ether oxygens (including phenoxy) is 2. The van der Waals surface area contributed by atoms with Crippen LogP contribution < -0.4 is 10.1 Å². The Morgan fingerprint density at radius 1 is 1.08 bits per heavy atom. The number of esters is 1. The maximum Gasteiger partial charge on any atom is 0.347 e. The fraction of sp³-hybridized carbons (Fsp3) is 0.263. The van der Waals surface area contributed by atoms with Crippen LogP contribution in [0.1, 0.15) is 30.6 Å². The Balaban J connectivity index is 1.93. The molecule has 0 saturated heterocycles. The first-order chi connectivity index (χ1) is 12.0. The number of halogens is 1. The Morgan fingerprint density at radius 3 is 2.32 bits per heavy atom. The lowest BCUT2D eigenvalue weighted by Crippen LogP contribution is -2.26. The summed E-state index contributed by atoms with van der Waals surface area (Å²) in [6, 6.07) is 11.9. The van der Waals surface area contributed by atoms with Gasteiger partial charge < -0.3 is 14.8 Å². The highest BCUT2D eigenvalue weighted by Gasteiger charge is 2.16. The van der Waals surface area contributed by atoms with Crippen molar-refractivity contribution in [3.05, 3.63) is 59.9 Å². The Bertz CT molecular complexity index is 713. The third kappa shape index (κ3) is 5.60. The standard InChI is InChI=1S/C19H20FNO4/c1-3-12-24-19(23)13(2)25-17-10-4-14(5-11-17)18(22)21-16-8-6-15(20)7-9-16/h4-11,13H,3,12H2,1-2H3,(H,21,22)/t13-/m0/s1. The summed E-state index contributed by atoms with van der Waals surface area (Å²) in [6.07, 6.45) is 0.0153. The van der Waals surface area contributed by atoms with Crippen LogP contribution in [0.25, 0.3) is 0 Å². The van der Waals surface area contributed by atoms with Gasteiger partial charge in [0, 0.05) is 11.3 Å². The summed E-state index contributed by atoms with van der Waals surface area (Å²) in [4.78, 5) is 23.8. The average Bonchev–Trinajstić information content (AvgIpc) is 2.62. The van der Waals surface area contributed by atoms with Gasteiger partial charge in [-0.1, -0.05) is 6.92 Å². The Hall–Kier alpha value is -2.89. The van der Waals surface area contributed by atoms with Gasteiger partial charge in [0.15, 0.2) is 6.10 Å². The summed E-state index contributed by atoms with van der Waals surface area (Å²) in [5.74, 6) is -0.668. The summed E-state index contributed by atoms with van der Waals surface area (Å²) in [5.41, 5.74) is 0.914. The first-order valence-electron chi connectivity index (χ1n) is 8.00. The van der Waals surface area contributed by atoms with Crippen molar-refractivity contribution in [1.29, 1.82) is 0 Å². The molecule has 0 heterocycles. The number of hydrogen-bond acceptors (Lipinski definition) is 4. The van der Waals surface area contributed by atoms with Gasteiger partial charge in [0.2, 0.25) is 0 Å². The molecule has 1 amide bonds. The number of amides is 1. The third-order valence-corrected chi connectivity index (χ3v) is 3.31. The maximum absolute atomic E-state index is 12.9. The predicted octanol–water partition coefficient (Wildman–Crippen LogP) is 3.80. The van der Waals surface area contributed by atoms with Crippen LogP contribution in [0.3, 0.4) is 0 Å². The lowest BCUT2D eigenvalue weighted by molar-refractivity contribution is -0.151. The first kappa shape index (κ1) is 18.4. The molecule has 0 bridgehead atoms. The normalized spacial score (nSPS) is 11.5. The van der Waals surface area contributed by atoms with E-state index in [9.17, 15) is 14.0 Å². The second-order valence-electron chi connectivity index (χ2n) is 5.41. The monoisotopic (exact) mass is 345 g/mol. The van der Waals surface area contributed by atoms with Crippen LogP contribution in [-0.2, 0) is 9.53 Å². The molecule has 6 heteroatoms. The fourth-order valence-electron chi connectivity index (χ4n) is 1.99. The molecular formula is C19H20FNO4. The van der Waals surface area contributed by atoms with E-state index >= 15 is 0 Å². The number of carbonyl (C=O) groups excluding carboxylic acids is 2. The van der Waals surface area contributed by atoms with Crippen LogP contribution in [0.5, 0.6) is 5.75 Å². The zero-order valence-electron chi connectivity index (χ0n) is 14.1. The van der Waals surface area contributed by atoms with Crippen molar-refractivity contribution >= 4 is 17.6 Å². The predicted molar refractivity (Wildman–Crippen MR) is 92.1 cm³/mol. The molecule has 25 heavy (non-hydrogen) atoms. The second-order valence-corrected chi connectivity index (χ2v) is 5.41. The number of carbonyl (C=O) groups is 2. The first-order valence-corrected chi connectivity index (χ1v) is 8.00. The molecule has 0 aliphatic heterocycles. The van der Waals surface area contributed by atoms with Crippen molar-refractivity contribution in [1.82, 2.24) is 0 Å². The Kier molecular flexibility index (Phi) is 6.51. The van der Waals surface area contributed by atoms with E-state index in [0.29, 0.717) is 23.6 Å². The number of rotatable bonds is 7. The molecule has 5 nitrogen and oxygen atoms in total. The van der Waals surface area contributed by atoms with Gasteiger partial charge in [-0.15, -0.1) is 0 Å². The molecule has 132 valence electrons.